The summed E-state index contributed by atoms with van der Waals surface area (Å²) in [5.74, 6) is 2.78. The van der Waals surface area contributed by atoms with Crippen molar-refractivity contribution >= 4 is 17.1 Å². The summed E-state index contributed by atoms with van der Waals surface area (Å²) in [5.41, 5.74) is 16.9. The molecule has 0 bridgehead atoms. The molecule has 0 amide bonds. The predicted molar refractivity (Wildman–Crippen MR) is 235 cm³/mol. The fourth-order valence-electron chi connectivity index (χ4n) is 9.87. The Morgan fingerprint density at radius 1 is 0.310 bits per heavy atom. The zero-order valence-electron chi connectivity index (χ0n) is 31.5. The molecule has 0 unspecified atom stereocenters. The topological polar surface area (TPSA) is 21.7 Å². The molecule has 9 aromatic rings. The molecule has 0 atom stereocenters. The summed E-state index contributed by atoms with van der Waals surface area (Å²) >= 11 is 0. The van der Waals surface area contributed by atoms with Crippen LogP contribution < -0.4 is 14.4 Å². The lowest BCUT2D eigenvalue weighted by Crippen LogP contribution is -2.25. The number of para-hydroxylation sites is 3. The molecule has 0 saturated carbocycles. The molecule has 9 aromatic carbocycles. The third-order valence-corrected chi connectivity index (χ3v) is 12.2. The molecular formula is C55H35NO2. The zero-order valence-corrected chi connectivity index (χ0v) is 31.5. The van der Waals surface area contributed by atoms with Gasteiger partial charge in [-0.05, 0) is 92.0 Å². The minimum atomic E-state index is -0.469. The molecule has 1 spiro atoms. The highest BCUT2D eigenvalue weighted by Crippen LogP contribution is 2.67. The van der Waals surface area contributed by atoms with Crippen LogP contribution in [0.15, 0.2) is 212 Å². The first-order chi connectivity index (χ1) is 28.8. The summed E-state index contributed by atoms with van der Waals surface area (Å²) in [7, 11) is 0. The Balaban J connectivity index is 1.04. The summed E-state index contributed by atoms with van der Waals surface area (Å²) < 4.78 is 14.3. The van der Waals surface area contributed by atoms with Crippen LogP contribution in [0, 0.1) is 0 Å². The Kier molecular flexibility index (Phi) is 7.14. The Morgan fingerprint density at radius 2 is 0.810 bits per heavy atom. The number of hydrogen-bond donors (Lipinski definition) is 0. The van der Waals surface area contributed by atoms with E-state index in [1.165, 1.54) is 50.1 Å². The number of anilines is 3. The highest BCUT2D eigenvalue weighted by Gasteiger charge is 2.53. The molecular weight excluding hydrogens is 707 g/mol. The van der Waals surface area contributed by atoms with Crippen molar-refractivity contribution in [3.05, 3.63) is 235 Å². The van der Waals surface area contributed by atoms with Crippen LogP contribution >= 0.6 is 0 Å². The maximum Gasteiger partial charge on any atom is 0.194 e. The molecule has 0 aromatic heterocycles. The van der Waals surface area contributed by atoms with Gasteiger partial charge in [0.1, 0.15) is 0 Å². The molecule has 272 valence electrons. The van der Waals surface area contributed by atoms with Gasteiger partial charge >= 0.3 is 0 Å². The van der Waals surface area contributed by atoms with Gasteiger partial charge in [0, 0.05) is 16.8 Å². The standard InChI is InChI=1S/C55H35NO2/c1-3-18-36(19-4-1)38-22-7-8-23-39(38)42-26-12-16-31-48(42)56(37-20-5-2-6-21-37)49-32-17-33-50-53(49)57-51-35-34-47-52(54(51)58-50)43-27-11-15-30-46(43)55(47)44-28-13-9-24-40(44)41-25-10-14-29-45(41)55/h1-35H. The van der Waals surface area contributed by atoms with E-state index in [0.29, 0.717) is 17.2 Å². The van der Waals surface area contributed by atoms with Crippen molar-refractivity contribution in [2.45, 2.75) is 5.41 Å². The average molecular weight is 742 g/mol. The van der Waals surface area contributed by atoms with E-state index in [0.717, 1.165) is 39.5 Å². The SMILES string of the molecule is c1ccc(-c2ccccc2-c2ccccc2N(c2ccccc2)c2cccc3c2Oc2ccc4c(c2O3)-c2ccccc2C42c3ccccc3-c3ccccc32)cc1. The highest BCUT2D eigenvalue weighted by molar-refractivity contribution is 5.99. The van der Waals surface area contributed by atoms with Gasteiger partial charge in [0.25, 0.3) is 0 Å². The number of ether oxygens (including phenoxy) is 2. The van der Waals surface area contributed by atoms with Crippen molar-refractivity contribution in [2.24, 2.45) is 0 Å². The molecule has 3 aliphatic rings. The molecule has 58 heavy (non-hydrogen) atoms. The van der Waals surface area contributed by atoms with Gasteiger partial charge in [-0.3, -0.25) is 0 Å². The molecule has 0 fully saturated rings. The first-order valence-electron chi connectivity index (χ1n) is 19.9. The first kappa shape index (κ1) is 32.6. The molecule has 1 heterocycles. The molecule has 0 saturated heterocycles. The summed E-state index contributed by atoms with van der Waals surface area (Å²) in [5, 5.41) is 0. The minimum absolute atomic E-state index is 0.469. The lowest BCUT2D eigenvalue weighted by atomic mass is 9.70. The second kappa shape index (κ2) is 12.7. The van der Waals surface area contributed by atoms with Gasteiger partial charge in [-0.2, -0.15) is 0 Å². The smallest absolute Gasteiger partial charge is 0.194 e. The van der Waals surface area contributed by atoms with Gasteiger partial charge < -0.3 is 14.4 Å². The van der Waals surface area contributed by atoms with Gasteiger partial charge in [0.2, 0.25) is 0 Å². The fourth-order valence-corrected chi connectivity index (χ4v) is 9.87. The zero-order chi connectivity index (χ0) is 38.2. The first-order valence-corrected chi connectivity index (χ1v) is 19.9. The van der Waals surface area contributed by atoms with Crippen molar-refractivity contribution in [2.75, 3.05) is 4.90 Å². The summed E-state index contributed by atoms with van der Waals surface area (Å²) in [6, 6.07) is 75.6. The number of benzene rings is 9. The summed E-state index contributed by atoms with van der Waals surface area (Å²) in [6.45, 7) is 0. The number of hydrogen-bond acceptors (Lipinski definition) is 3. The molecule has 0 N–H and O–H groups in total. The van der Waals surface area contributed by atoms with E-state index in [4.69, 9.17) is 9.47 Å². The van der Waals surface area contributed by atoms with Crippen LogP contribution in [0.1, 0.15) is 22.3 Å². The molecule has 0 radical (unpaired) electrons. The highest BCUT2D eigenvalue weighted by atomic mass is 16.6. The molecule has 3 nitrogen and oxygen atoms in total. The Labute approximate surface area is 337 Å². The second-order valence-electron chi connectivity index (χ2n) is 15.1. The van der Waals surface area contributed by atoms with Crippen molar-refractivity contribution in [1.82, 2.24) is 0 Å². The van der Waals surface area contributed by atoms with E-state index in [9.17, 15) is 0 Å². The predicted octanol–water partition coefficient (Wildman–Crippen LogP) is 14.7. The van der Waals surface area contributed by atoms with E-state index in [1.54, 1.807) is 0 Å². The minimum Gasteiger partial charge on any atom is -0.449 e. The molecule has 1 aliphatic heterocycles. The van der Waals surface area contributed by atoms with Gasteiger partial charge in [-0.1, -0.05) is 176 Å². The van der Waals surface area contributed by atoms with E-state index < -0.39 is 5.41 Å². The second-order valence-corrected chi connectivity index (χ2v) is 15.1. The van der Waals surface area contributed by atoms with Gasteiger partial charge in [0.15, 0.2) is 23.0 Å². The number of rotatable bonds is 5. The van der Waals surface area contributed by atoms with Crippen molar-refractivity contribution in [3.63, 3.8) is 0 Å². The number of fused-ring (bicyclic) bond motifs is 13. The third kappa shape index (κ3) is 4.56. The van der Waals surface area contributed by atoms with Crippen LogP contribution in [-0.4, -0.2) is 0 Å². The van der Waals surface area contributed by atoms with E-state index in [2.05, 4.69) is 211 Å². The lowest BCUT2D eigenvalue weighted by Gasteiger charge is -2.33. The van der Waals surface area contributed by atoms with Gasteiger partial charge in [0.05, 0.1) is 16.8 Å². The van der Waals surface area contributed by atoms with Crippen LogP contribution in [0.2, 0.25) is 0 Å². The van der Waals surface area contributed by atoms with Gasteiger partial charge in [-0.15, -0.1) is 0 Å². The fraction of sp³-hybridized carbons (Fsp3) is 0.0182. The maximum atomic E-state index is 7.16. The quantitative estimate of drug-likeness (QED) is 0.175. The molecule has 2 aliphatic carbocycles. The van der Waals surface area contributed by atoms with E-state index >= 15 is 0 Å². The van der Waals surface area contributed by atoms with E-state index in [-0.39, 0.29) is 0 Å². The van der Waals surface area contributed by atoms with Crippen LogP contribution in [-0.2, 0) is 5.41 Å². The lowest BCUT2D eigenvalue weighted by molar-refractivity contribution is 0.361. The Bertz CT molecular complexity index is 3030. The van der Waals surface area contributed by atoms with Crippen LogP contribution in [0.3, 0.4) is 0 Å². The molecule has 3 heteroatoms. The Morgan fingerprint density at radius 3 is 1.52 bits per heavy atom. The maximum absolute atomic E-state index is 7.16. The van der Waals surface area contributed by atoms with Gasteiger partial charge in [-0.25, -0.2) is 0 Å². The van der Waals surface area contributed by atoms with E-state index in [1.807, 2.05) is 6.07 Å². The monoisotopic (exact) mass is 741 g/mol. The largest absolute Gasteiger partial charge is 0.449 e. The van der Waals surface area contributed by atoms with Crippen molar-refractivity contribution in [1.29, 1.82) is 0 Å². The van der Waals surface area contributed by atoms with Crippen LogP contribution in [0.25, 0.3) is 44.5 Å². The van der Waals surface area contributed by atoms with Crippen molar-refractivity contribution < 1.29 is 9.47 Å². The molecule has 12 rings (SSSR count). The average Bonchev–Trinajstić information content (AvgIpc) is 3.77. The third-order valence-electron chi connectivity index (χ3n) is 12.2. The normalized spacial score (nSPS) is 13.2. The van der Waals surface area contributed by atoms with Crippen LogP contribution in [0.4, 0.5) is 17.1 Å². The number of nitrogens with zero attached hydrogens (tertiary/aromatic N) is 1. The Hall–Kier alpha value is -7.62. The summed E-state index contributed by atoms with van der Waals surface area (Å²) in [6.07, 6.45) is 0. The summed E-state index contributed by atoms with van der Waals surface area (Å²) in [4.78, 5) is 2.30. The van der Waals surface area contributed by atoms with Crippen molar-refractivity contribution in [3.8, 4) is 67.5 Å². The van der Waals surface area contributed by atoms with Crippen LogP contribution in [0.5, 0.6) is 23.0 Å².